The van der Waals surface area contributed by atoms with Crippen LogP contribution in [-0.4, -0.2) is 16.6 Å². The Morgan fingerprint density at radius 1 is 0.929 bits per heavy atom. The molecular formula is C6H18IO4PSi2. The van der Waals surface area contributed by atoms with Crippen molar-refractivity contribution in [3.63, 3.8) is 0 Å². The summed E-state index contributed by atoms with van der Waals surface area (Å²) in [5, 5.41) is 0. The monoisotopic (exact) mass is 368 g/mol. The van der Waals surface area contributed by atoms with Crippen LogP contribution in [0.15, 0.2) is 0 Å². The molecular weight excluding hydrogens is 350 g/mol. The van der Waals surface area contributed by atoms with E-state index < -0.39 is 24.5 Å². The van der Waals surface area contributed by atoms with Crippen LogP contribution >= 0.6 is 30.8 Å². The fourth-order valence-corrected chi connectivity index (χ4v) is 8.24. The van der Waals surface area contributed by atoms with Crippen molar-refractivity contribution in [3.05, 3.63) is 0 Å². The van der Waals surface area contributed by atoms with Crippen LogP contribution in [-0.2, 0) is 15.8 Å². The maximum atomic E-state index is 12.0. The minimum Gasteiger partial charge on any atom is -0.330 e. The molecule has 0 aromatic heterocycles. The Labute approximate surface area is 102 Å². The Morgan fingerprint density at radius 3 is 1.36 bits per heavy atom. The number of halogens is 1. The van der Waals surface area contributed by atoms with Gasteiger partial charge in [0, 0.05) is 0 Å². The molecule has 0 unspecified atom stereocenters. The highest BCUT2D eigenvalue weighted by Crippen LogP contribution is 2.55. The van der Waals surface area contributed by atoms with E-state index in [0.29, 0.717) is 0 Å². The zero-order valence-corrected chi connectivity index (χ0v) is 14.5. The third-order valence-electron chi connectivity index (χ3n) is 0.856. The van der Waals surface area contributed by atoms with E-state index in [-0.39, 0.29) is 0 Å². The Hall–Kier alpha value is 1.27. The molecule has 0 saturated heterocycles. The molecule has 14 heavy (non-hydrogen) atoms. The van der Waals surface area contributed by atoms with Gasteiger partial charge in [-0.05, 0) is 39.3 Å². The molecule has 0 bridgehead atoms. The van der Waals surface area contributed by atoms with Crippen LogP contribution < -0.4 is 0 Å². The smallest absolute Gasteiger partial charge is 0.330 e. The van der Waals surface area contributed by atoms with Gasteiger partial charge >= 0.3 is 7.82 Å². The van der Waals surface area contributed by atoms with Crippen LogP contribution in [0.1, 0.15) is 0 Å². The molecule has 0 heterocycles. The van der Waals surface area contributed by atoms with Gasteiger partial charge in [-0.25, -0.2) is 7.42 Å². The predicted octanol–water partition coefficient (Wildman–Crippen LogP) is 4.16. The number of rotatable bonds is 5. The van der Waals surface area contributed by atoms with Crippen LogP contribution in [0.4, 0.5) is 0 Å². The summed E-state index contributed by atoms with van der Waals surface area (Å²) in [5.74, 6) is 0. The Kier molecular flexibility index (Phi) is 5.53. The quantitative estimate of drug-likeness (QED) is 0.415. The first-order valence-corrected chi connectivity index (χ1v) is 13.5. The number of hydrogen-bond acceptors (Lipinski definition) is 4. The molecule has 0 aliphatic rings. The second-order valence-electron chi connectivity index (χ2n) is 4.92. The topological polar surface area (TPSA) is 44.8 Å². The lowest BCUT2D eigenvalue weighted by atomic mass is 11.8. The standard InChI is InChI=1S/C6H18IO4PSi2/c1-13(2,3)10-12(8,9-7)11-14(4,5)6/h1-6H3. The SMILES string of the molecule is C[Si](C)(C)OP(=O)(OI)O[Si](C)(C)C. The van der Waals surface area contributed by atoms with E-state index in [2.05, 4.69) is 0 Å². The van der Waals surface area contributed by atoms with Gasteiger partial charge < -0.3 is 8.43 Å². The number of phosphoric acid groups is 1. The maximum Gasteiger partial charge on any atom is 0.464 e. The van der Waals surface area contributed by atoms with Gasteiger partial charge in [-0.2, -0.15) is 0 Å². The normalized spacial score (nSPS) is 14.5. The van der Waals surface area contributed by atoms with Crippen LogP contribution in [0.3, 0.4) is 0 Å². The van der Waals surface area contributed by atoms with E-state index in [0.717, 1.165) is 0 Å². The van der Waals surface area contributed by atoms with Gasteiger partial charge in [0.1, 0.15) is 23.0 Å². The average Bonchev–Trinajstić information content (AvgIpc) is 1.78. The summed E-state index contributed by atoms with van der Waals surface area (Å²) in [7, 11) is -7.15. The minimum absolute atomic E-state index is 1.58. The molecule has 0 rings (SSSR count). The summed E-state index contributed by atoms with van der Waals surface area (Å²) in [5.41, 5.74) is 0. The zero-order valence-electron chi connectivity index (χ0n) is 9.46. The molecule has 86 valence electrons. The third kappa shape index (κ3) is 7.55. The molecule has 0 aromatic rings. The molecule has 0 amide bonds. The van der Waals surface area contributed by atoms with Crippen molar-refractivity contribution in [1.82, 2.24) is 0 Å². The van der Waals surface area contributed by atoms with Crippen molar-refractivity contribution in [2.75, 3.05) is 0 Å². The molecule has 0 radical (unpaired) electrons. The molecule has 0 saturated carbocycles. The minimum atomic E-state index is -3.33. The van der Waals surface area contributed by atoms with E-state index in [1.165, 1.54) is 0 Å². The van der Waals surface area contributed by atoms with Gasteiger partial charge in [0.15, 0.2) is 16.6 Å². The molecule has 8 heteroatoms. The molecule has 0 N–H and O–H groups in total. The zero-order chi connectivity index (χ0) is 11.6. The van der Waals surface area contributed by atoms with E-state index in [1.54, 1.807) is 23.0 Å². The first-order valence-electron chi connectivity index (χ1n) is 4.29. The second kappa shape index (κ2) is 5.07. The largest absolute Gasteiger partial charge is 0.464 e. The van der Waals surface area contributed by atoms with E-state index in [1.807, 2.05) is 39.3 Å². The van der Waals surface area contributed by atoms with Gasteiger partial charge in [-0.15, -0.1) is 0 Å². The molecule has 4 nitrogen and oxygen atoms in total. The van der Waals surface area contributed by atoms with Crippen molar-refractivity contribution < 1.29 is 15.8 Å². The Morgan fingerprint density at radius 2 is 1.21 bits per heavy atom. The second-order valence-corrected chi connectivity index (χ2v) is 17.0. The molecule has 0 atom stereocenters. The Balaban J connectivity index is 4.59. The van der Waals surface area contributed by atoms with Crippen LogP contribution in [0.2, 0.25) is 39.3 Å². The van der Waals surface area contributed by atoms with E-state index in [9.17, 15) is 4.57 Å². The van der Waals surface area contributed by atoms with Crippen LogP contribution in [0.5, 0.6) is 0 Å². The summed E-state index contributed by atoms with van der Waals surface area (Å²) in [6, 6.07) is 0. The number of hydrogen-bond donors (Lipinski definition) is 0. The van der Waals surface area contributed by atoms with Crippen LogP contribution in [0.25, 0.3) is 0 Å². The first-order chi connectivity index (χ1) is 5.97. The highest BCUT2D eigenvalue weighted by Gasteiger charge is 2.37. The highest BCUT2D eigenvalue weighted by atomic mass is 127. The molecule has 0 fully saturated rings. The highest BCUT2D eigenvalue weighted by molar-refractivity contribution is 14.1. The van der Waals surface area contributed by atoms with E-state index >= 15 is 0 Å². The van der Waals surface area contributed by atoms with Gasteiger partial charge in [0.05, 0.1) is 0 Å². The van der Waals surface area contributed by atoms with Crippen LogP contribution in [0, 0.1) is 0 Å². The first kappa shape index (κ1) is 15.3. The van der Waals surface area contributed by atoms with E-state index in [4.69, 9.17) is 11.3 Å². The maximum absolute atomic E-state index is 12.0. The lowest BCUT2D eigenvalue weighted by molar-refractivity contribution is 0.322. The van der Waals surface area contributed by atoms with Crippen molar-refractivity contribution in [1.29, 1.82) is 0 Å². The molecule has 0 aliphatic carbocycles. The fraction of sp³-hybridized carbons (Fsp3) is 1.00. The van der Waals surface area contributed by atoms with Crippen molar-refractivity contribution in [3.8, 4) is 0 Å². The fourth-order valence-electron chi connectivity index (χ4n) is 0.718. The third-order valence-corrected chi connectivity index (χ3v) is 8.64. The molecule has 0 spiro atoms. The summed E-state index contributed by atoms with van der Waals surface area (Å²) in [4.78, 5) is 0. The van der Waals surface area contributed by atoms with Gasteiger partial charge in [0.2, 0.25) is 0 Å². The average molecular weight is 368 g/mol. The summed E-state index contributed by atoms with van der Waals surface area (Å²) in [6.07, 6.45) is 0. The summed E-state index contributed by atoms with van der Waals surface area (Å²) in [6.45, 7) is 11.7. The molecule has 0 aliphatic heterocycles. The molecule has 0 aromatic carbocycles. The summed E-state index contributed by atoms with van der Waals surface area (Å²) >= 11 is 1.58. The predicted molar refractivity (Wildman–Crippen MR) is 71.6 cm³/mol. The summed E-state index contributed by atoms with van der Waals surface area (Å²) < 4.78 is 27.7. The van der Waals surface area contributed by atoms with Gasteiger partial charge in [0.25, 0.3) is 0 Å². The lowest BCUT2D eigenvalue weighted by Gasteiger charge is -2.27. The van der Waals surface area contributed by atoms with Gasteiger partial charge in [-0.1, -0.05) is 0 Å². The van der Waals surface area contributed by atoms with Crippen molar-refractivity contribution >= 4 is 47.5 Å². The van der Waals surface area contributed by atoms with Crippen molar-refractivity contribution in [2.24, 2.45) is 0 Å². The Bertz CT molecular complexity index is 215. The van der Waals surface area contributed by atoms with Gasteiger partial charge in [-0.3, -0.25) is 0 Å². The van der Waals surface area contributed by atoms with Crippen molar-refractivity contribution in [2.45, 2.75) is 39.3 Å². The lowest BCUT2D eigenvalue weighted by Crippen LogP contribution is -2.29.